The molecule has 5 nitrogen and oxygen atoms in total. The maximum absolute atomic E-state index is 6.69. The summed E-state index contributed by atoms with van der Waals surface area (Å²) in [5.74, 6) is 0.619. The lowest BCUT2D eigenvalue weighted by Gasteiger charge is -2.04. The standard InChI is InChI=1S/C11H13N3O2/c1-3-15-9-13-11(14-12-2)16-10-7-5-4-6-8-10/h4-8H,3,9H2,1H3,(H,13,14). The summed E-state index contributed by atoms with van der Waals surface area (Å²) in [4.78, 5) is 6.95. The Morgan fingerprint density at radius 1 is 1.44 bits per heavy atom. The first kappa shape index (κ1) is 12.0. The lowest BCUT2D eigenvalue weighted by atomic mass is 10.3. The van der Waals surface area contributed by atoms with Crippen molar-refractivity contribution in [1.82, 2.24) is 5.43 Å². The average Bonchev–Trinajstić information content (AvgIpc) is 2.31. The molecule has 1 N–H and O–H groups in total. The Kier molecular flexibility index (Phi) is 5.45. The highest BCUT2D eigenvalue weighted by Gasteiger charge is 2.03. The van der Waals surface area contributed by atoms with E-state index in [-0.39, 0.29) is 12.8 Å². The average molecular weight is 219 g/mol. The van der Waals surface area contributed by atoms with E-state index in [0.717, 1.165) is 0 Å². The molecule has 0 atom stereocenters. The van der Waals surface area contributed by atoms with Gasteiger partial charge in [0, 0.05) is 6.61 Å². The number of rotatable bonds is 4. The molecule has 0 aromatic heterocycles. The van der Waals surface area contributed by atoms with Crippen molar-refractivity contribution in [2.75, 3.05) is 13.3 Å². The molecular weight excluding hydrogens is 206 g/mol. The second-order valence-corrected chi connectivity index (χ2v) is 2.72. The van der Waals surface area contributed by atoms with E-state index in [0.29, 0.717) is 12.4 Å². The Morgan fingerprint density at radius 2 is 2.19 bits per heavy atom. The number of nitrogens with one attached hydrogen (secondary N) is 1. The molecule has 0 bridgehead atoms. The number of amidine groups is 1. The molecule has 0 saturated carbocycles. The Morgan fingerprint density at radius 3 is 2.81 bits per heavy atom. The van der Waals surface area contributed by atoms with Crippen LogP contribution in [-0.4, -0.2) is 19.4 Å². The van der Waals surface area contributed by atoms with Gasteiger partial charge in [0.25, 0.3) is 0 Å². The van der Waals surface area contributed by atoms with Gasteiger partial charge >= 0.3 is 6.02 Å². The third-order valence-corrected chi connectivity index (χ3v) is 1.61. The second-order valence-electron chi connectivity index (χ2n) is 2.72. The molecule has 0 unspecified atom stereocenters. The predicted octanol–water partition coefficient (Wildman–Crippen LogP) is 1.84. The Bertz CT molecular complexity index is 371. The van der Waals surface area contributed by atoms with E-state index in [2.05, 4.69) is 15.4 Å². The molecule has 1 rings (SSSR count). The molecular formula is C11H13N3O2. The first-order valence-electron chi connectivity index (χ1n) is 4.84. The molecule has 5 heteroatoms. The van der Waals surface area contributed by atoms with Crippen LogP contribution in [0.25, 0.3) is 4.95 Å². The molecule has 0 heterocycles. The molecule has 0 radical (unpaired) electrons. The Labute approximate surface area is 94.5 Å². The molecule has 0 spiro atoms. The molecule has 0 fully saturated rings. The molecule has 0 aliphatic heterocycles. The molecule has 84 valence electrons. The van der Waals surface area contributed by atoms with E-state index >= 15 is 0 Å². The fourth-order valence-corrected chi connectivity index (χ4v) is 0.934. The summed E-state index contributed by atoms with van der Waals surface area (Å²) in [5.41, 5.74) is 2.33. The van der Waals surface area contributed by atoms with Crippen molar-refractivity contribution in [3.63, 3.8) is 0 Å². The number of nitrogens with zero attached hydrogens (tertiary/aromatic N) is 2. The predicted molar refractivity (Wildman–Crippen MR) is 60.7 cm³/mol. The molecule has 0 aliphatic carbocycles. The number of hydrogen-bond acceptors (Lipinski definition) is 3. The van der Waals surface area contributed by atoms with E-state index in [1.807, 2.05) is 25.1 Å². The van der Waals surface area contributed by atoms with Crippen LogP contribution >= 0.6 is 0 Å². The van der Waals surface area contributed by atoms with E-state index in [1.165, 1.54) is 0 Å². The normalized spacial score (nSPS) is 10.6. The SMILES string of the molecule is [C-]#[N+]N/C(=N\COCC)Oc1ccccc1. The van der Waals surface area contributed by atoms with Crippen molar-refractivity contribution < 1.29 is 9.47 Å². The van der Waals surface area contributed by atoms with E-state index in [4.69, 9.17) is 16.0 Å². The molecule has 0 aliphatic rings. The highest BCUT2D eigenvalue weighted by molar-refractivity contribution is 5.76. The highest BCUT2D eigenvalue weighted by Crippen LogP contribution is 2.08. The fraction of sp³-hybridized carbons (Fsp3) is 0.273. The highest BCUT2D eigenvalue weighted by atomic mass is 16.5. The van der Waals surface area contributed by atoms with Crippen molar-refractivity contribution in [2.45, 2.75) is 6.92 Å². The lowest BCUT2D eigenvalue weighted by molar-refractivity contribution is 0.155. The molecule has 0 saturated heterocycles. The third kappa shape index (κ3) is 4.44. The van der Waals surface area contributed by atoms with Gasteiger partial charge in [0.05, 0.1) is 0 Å². The summed E-state index contributed by atoms with van der Waals surface area (Å²) in [6, 6.07) is 9.26. The van der Waals surface area contributed by atoms with Gasteiger partial charge in [0.15, 0.2) is 0 Å². The van der Waals surface area contributed by atoms with Gasteiger partial charge in [-0.2, -0.15) is 11.5 Å². The van der Waals surface area contributed by atoms with Crippen molar-refractivity contribution in [2.24, 2.45) is 4.99 Å². The first-order chi connectivity index (χ1) is 7.86. The van der Waals surface area contributed by atoms with E-state index < -0.39 is 0 Å². The van der Waals surface area contributed by atoms with Crippen molar-refractivity contribution >= 4 is 6.02 Å². The summed E-state index contributed by atoms with van der Waals surface area (Å²) in [7, 11) is 0. The molecule has 1 aromatic rings. The maximum atomic E-state index is 6.69. The van der Waals surface area contributed by atoms with Gasteiger partial charge in [-0.15, -0.1) is 0 Å². The zero-order valence-electron chi connectivity index (χ0n) is 9.01. The largest absolute Gasteiger partial charge is 0.422 e. The monoisotopic (exact) mass is 219 g/mol. The van der Waals surface area contributed by atoms with Gasteiger partial charge in [0.2, 0.25) is 0 Å². The van der Waals surface area contributed by atoms with Crippen molar-refractivity contribution in [1.29, 1.82) is 0 Å². The summed E-state index contributed by atoms with van der Waals surface area (Å²) in [5, 5.41) is 0. The molecule has 1 aromatic carbocycles. The van der Waals surface area contributed by atoms with Crippen molar-refractivity contribution in [3.05, 3.63) is 41.9 Å². The minimum absolute atomic E-state index is 0.134. The lowest BCUT2D eigenvalue weighted by Crippen LogP contribution is -2.23. The van der Waals surface area contributed by atoms with Gasteiger partial charge in [0.1, 0.15) is 12.5 Å². The summed E-state index contributed by atoms with van der Waals surface area (Å²) >= 11 is 0. The Balaban J connectivity index is 2.58. The number of ether oxygens (including phenoxy) is 2. The number of aliphatic imine (C=N–C) groups is 1. The van der Waals surface area contributed by atoms with Crippen LogP contribution in [0.15, 0.2) is 35.3 Å². The van der Waals surface area contributed by atoms with Crippen LogP contribution < -0.4 is 10.2 Å². The van der Waals surface area contributed by atoms with Gasteiger partial charge in [-0.25, -0.2) is 4.99 Å². The zero-order valence-corrected chi connectivity index (χ0v) is 9.01. The van der Waals surface area contributed by atoms with Crippen LogP contribution in [0.2, 0.25) is 0 Å². The first-order valence-corrected chi connectivity index (χ1v) is 4.84. The van der Waals surface area contributed by atoms with Gasteiger partial charge in [-0.05, 0) is 24.5 Å². The molecule has 16 heavy (non-hydrogen) atoms. The minimum atomic E-state index is 0.134. The minimum Gasteiger partial charge on any atom is -0.422 e. The van der Waals surface area contributed by atoms with Crippen LogP contribution in [0.5, 0.6) is 5.75 Å². The number of hydrogen-bond donors (Lipinski definition) is 1. The quantitative estimate of drug-likeness (QED) is 0.276. The van der Waals surface area contributed by atoms with Crippen LogP contribution in [0.1, 0.15) is 6.92 Å². The van der Waals surface area contributed by atoms with E-state index in [1.54, 1.807) is 12.1 Å². The summed E-state index contributed by atoms with van der Waals surface area (Å²) < 4.78 is 10.4. The maximum Gasteiger partial charge on any atom is 0.360 e. The van der Waals surface area contributed by atoms with Crippen molar-refractivity contribution in [3.8, 4) is 5.75 Å². The topological polar surface area (TPSA) is 47.2 Å². The van der Waals surface area contributed by atoms with Crippen LogP contribution in [0, 0.1) is 6.57 Å². The number of para-hydroxylation sites is 1. The zero-order chi connectivity index (χ0) is 11.6. The van der Waals surface area contributed by atoms with Gasteiger partial charge in [-0.1, -0.05) is 18.2 Å². The summed E-state index contributed by atoms with van der Waals surface area (Å²) in [6.07, 6.45) is 0. The number of benzene rings is 1. The Hall–Kier alpha value is -2.06. The van der Waals surface area contributed by atoms with Crippen LogP contribution in [-0.2, 0) is 4.74 Å². The van der Waals surface area contributed by atoms with Crippen LogP contribution in [0.3, 0.4) is 0 Å². The van der Waals surface area contributed by atoms with Gasteiger partial charge < -0.3 is 9.47 Å². The summed E-state index contributed by atoms with van der Waals surface area (Å²) in [6.45, 7) is 9.30. The molecule has 0 amide bonds. The second kappa shape index (κ2) is 7.26. The van der Waals surface area contributed by atoms with E-state index in [9.17, 15) is 0 Å². The fourth-order valence-electron chi connectivity index (χ4n) is 0.934. The smallest absolute Gasteiger partial charge is 0.360 e. The van der Waals surface area contributed by atoms with Crippen LogP contribution in [0.4, 0.5) is 0 Å². The van der Waals surface area contributed by atoms with Gasteiger partial charge in [-0.3, -0.25) is 0 Å². The third-order valence-electron chi connectivity index (χ3n) is 1.61.